The number of carbonyl (C=O) groups is 1. The first-order valence-electron chi connectivity index (χ1n) is 6.03. The van der Waals surface area contributed by atoms with Gasteiger partial charge >= 0.3 is 5.97 Å². The topological polar surface area (TPSA) is 75.1 Å². The summed E-state index contributed by atoms with van der Waals surface area (Å²) in [6, 6.07) is 11.0. The summed E-state index contributed by atoms with van der Waals surface area (Å²) < 4.78 is 0. The van der Waals surface area contributed by atoms with Gasteiger partial charge in [-0.1, -0.05) is 12.1 Å². The molecule has 0 saturated carbocycles. The van der Waals surface area contributed by atoms with Gasteiger partial charge in [0, 0.05) is 23.5 Å². The normalized spacial score (nSPS) is 10.4. The molecule has 0 bridgehead atoms. The molecule has 0 aliphatic heterocycles. The smallest absolute Gasteiger partial charge is 0.354 e. The Morgan fingerprint density at radius 3 is 2.75 bits per heavy atom. The quantitative estimate of drug-likeness (QED) is 0.761. The zero-order valence-corrected chi connectivity index (χ0v) is 10.4. The average molecular weight is 265 g/mol. The molecule has 5 heteroatoms. The molecule has 98 valence electrons. The van der Waals surface area contributed by atoms with E-state index < -0.39 is 5.97 Å². The lowest BCUT2D eigenvalue weighted by Gasteiger charge is -2.09. The second-order valence-electron chi connectivity index (χ2n) is 4.26. The molecule has 0 radical (unpaired) electrons. The fourth-order valence-corrected chi connectivity index (χ4v) is 1.97. The lowest BCUT2D eigenvalue weighted by Crippen LogP contribution is -2.00. The number of nitrogens with one attached hydrogen (secondary N) is 1. The number of rotatable bonds is 3. The van der Waals surface area contributed by atoms with E-state index in [-0.39, 0.29) is 5.69 Å². The number of benzene rings is 1. The van der Waals surface area contributed by atoms with Gasteiger partial charge in [-0.25, -0.2) is 9.78 Å². The van der Waals surface area contributed by atoms with Gasteiger partial charge < -0.3 is 10.4 Å². The Labute approximate surface area is 114 Å². The second-order valence-corrected chi connectivity index (χ2v) is 4.26. The van der Waals surface area contributed by atoms with Crippen molar-refractivity contribution in [3.8, 4) is 0 Å². The molecule has 2 aromatic heterocycles. The van der Waals surface area contributed by atoms with Gasteiger partial charge in [-0.05, 0) is 29.7 Å². The molecule has 0 atom stereocenters. The fraction of sp³-hybridized carbons (Fsp3) is 0. The largest absolute Gasteiger partial charge is 0.477 e. The van der Waals surface area contributed by atoms with Crippen LogP contribution >= 0.6 is 0 Å². The predicted molar refractivity (Wildman–Crippen MR) is 76.2 cm³/mol. The molecule has 0 spiro atoms. The molecule has 1 aromatic carbocycles. The van der Waals surface area contributed by atoms with Crippen LogP contribution in [0.25, 0.3) is 10.8 Å². The van der Waals surface area contributed by atoms with Crippen molar-refractivity contribution in [3.05, 3.63) is 60.7 Å². The third-order valence-corrected chi connectivity index (χ3v) is 2.95. The Morgan fingerprint density at radius 1 is 1.10 bits per heavy atom. The molecular formula is C15H11N3O2. The molecule has 3 rings (SSSR count). The van der Waals surface area contributed by atoms with E-state index >= 15 is 0 Å². The second kappa shape index (κ2) is 4.97. The summed E-state index contributed by atoms with van der Waals surface area (Å²) in [5.41, 5.74) is 1.65. The van der Waals surface area contributed by atoms with Crippen molar-refractivity contribution in [1.29, 1.82) is 0 Å². The summed E-state index contributed by atoms with van der Waals surface area (Å²) in [6.45, 7) is 0. The SMILES string of the molecule is O=C(O)c1ccc(Nc2cccc3ccncc23)cn1. The third-order valence-electron chi connectivity index (χ3n) is 2.95. The van der Waals surface area contributed by atoms with E-state index in [2.05, 4.69) is 15.3 Å². The Kier molecular flexibility index (Phi) is 3.01. The highest BCUT2D eigenvalue weighted by Gasteiger charge is 2.05. The molecule has 2 heterocycles. The number of carboxylic acids is 1. The minimum Gasteiger partial charge on any atom is -0.477 e. The molecule has 3 aromatic rings. The van der Waals surface area contributed by atoms with Crippen molar-refractivity contribution >= 4 is 28.1 Å². The number of carboxylic acid groups (broad SMARTS) is 1. The summed E-state index contributed by atoms with van der Waals surface area (Å²) in [5, 5.41) is 14.1. The van der Waals surface area contributed by atoms with E-state index in [4.69, 9.17) is 5.11 Å². The monoisotopic (exact) mass is 265 g/mol. The lowest BCUT2D eigenvalue weighted by atomic mass is 10.1. The van der Waals surface area contributed by atoms with E-state index in [1.807, 2.05) is 24.3 Å². The first-order valence-corrected chi connectivity index (χ1v) is 6.03. The molecule has 0 unspecified atom stereocenters. The van der Waals surface area contributed by atoms with Gasteiger partial charge in [0.25, 0.3) is 0 Å². The number of pyridine rings is 2. The van der Waals surface area contributed by atoms with Gasteiger partial charge in [-0.15, -0.1) is 0 Å². The van der Waals surface area contributed by atoms with Crippen LogP contribution < -0.4 is 5.32 Å². The van der Waals surface area contributed by atoms with Crippen molar-refractivity contribution in [1.82, 2.24) is 9.97 Å². The number of aromatic carboxylic acids is 1. The van der Waals surface area contributed by atoms with Crippen LogP contribution in [0, 0.1) is 0 Å². The number of hydrogen-bond acceptors (Lipinski definition) is 4. The van der Waals surface area contributed by atoms with Gasteiger partial charge in [0.1, 0.15) is 5.69 Å². The predicted octanol–water partition coefficient (Wildman–Crippen LogP) is 3.07. The van der Waals surface area contributed by atoms with Gasteiger partial charge in [0.2, 0.25) is 0 Å². The number of nitrogens with zero attached hydrogens (tertiary/aromatic N) is 2. The highest BCUT2D eigenvalue weighted by Crippen LogP contribution is 2.25. The van der Waals surface area contributed by atoms with Crippen LogP contribution in [0.3, 0.4) is 0 Å². The lowest BCUT2D eigenvalue weighted by molar-refractivity contribution is 0.0690. The van der Waals surface area contributed by atoms with E-state index in [0.29, 0.717) is 0 Å². The molecule has 0 saturated heterocycles. The van der Waals surface area contributed by atoms with Crippen LogP contribution in [0.5, 0.6) is 0 Å². The molecule has 0 aliphatic rings. The number of hydrogen-bond donors (Lipinski definition) is 2. The maximum atomic E-state index is 10.8. The Hall–Kier alpha value is -2.95. The zero-order valence-electron chi connectivity index (χ0n) is 10.4. The third kappa shape index (κ3) is 2.29. The number of anilines is 2. The van der Waals surface area contributed by atoms with E-state index in [1.165, 1.54) is 12.3 Å². The van der Waals surface area contributed by atoms with Crippen LogP contribution in [0.2, 0.25) is 0 Å². The van der Waals surface area contributed by atoms with Crippen LogP contribution in [-0.4, -0.2) is 21.0 Å². The molecule has 20 heavy (non-hydrogen) atoms. The van der Waals surface area contributed by atoms with Crippen molar-refractivity contribution < 1.29 is 9.90 Å². The first kappa shape index (κ1) is 12.1. The van der Waals surface area contributed by atoms with Crippen molar-refractivity contribution in [2.75, 3.05) is 5.32 Å². The highest BCUT2D eigenvalue weighted by atomic mass is 16.4. The van der Waals surface area contributed by atoms with Crippen LogP contribution in [0.15, 0.2) is 55.0 Å². The first-order chi connectivity index (χ1) is 9.74. The molecular weight excluding hydrogens is 254 g/mol. The molecule has 0 amide bonds. The van der Waals surface area contributed by atoms with E-state index in [9.17, 15) is 4.79 Å². The number of fused-ring (bicyclic) bond motifs is 1. The van der Waals surface area contributed by atoms with Crippen LogP contribution in [-0.2, 0) is 0 Å². The Bertz CT molecular complexity index is 764. The number of aromatic nitrogens is 2. The van der Waals surface area contributed by atoms with Gasteiger partial charge in [0.15, 0.2) is 0 Å². The van der Waals surface area contributed by atoms with Crippen molar-refractivity contribution in [2.45, 2.75) is 0 Å². The average Bonchev–Trinajstić information content (AvgIpc) is 2.48. The van der Waals surface area contributed by atoms with Crippen molar-refractivity contribution in [3.63, 3.8) is 0 Å². The van der Waals surface area contributed by atoms with Crippen LogP contribution in [0.4, 0.5) is 11.4 Å². The maximum Gasteiger partial charge on any atom is 0.354 e. The summed E-state index contributed by atoms with van der Waals surface area (Å²) in [6.07, 6.45) is 5.03. The minimum atomic E-state index is -1.04. The molecule has 2 N–H and O–H groups in total. The highest BCUT2D eigenvalue weighted by molar-refractivity contribution is 5.94. The summed E-state index contributed by atoms with van der Waals surface area (Å²) in [4.78, 5) is 18.8. The Balaban J connectivity index is 1.95. The van der Waals surface area contributed by atoms with Crippen molar-refractivity contribution in [2.24, 2.45) is 0 Å². The maximum absolute atomic E-state index is 10.8. The molecule has 0 aliphatic carbocycles. The summed E-state index contributed by atoms with van der Waals surface area (Å²) in [7, 11) is 0. The Morgan fingerprint density at radius 2 is 2.00 bits per heavy atom. The van der Waals surface area contributed by atoms with Gasteiger partial charge in [-0.3, -0.25) is 4.98 Å². The molecule has 0 fully saturated rings. The summed E-state index contributed by atoms with van der Waals surface area (Å²) in [5.74, 6) is -1.04. The standard InChI is InChI=1S/C15H11N3O2/c19-15(20)14-5-4-11(8-17-14)18-13-3-1-2-10-6-7-16-9-12(10)13/h1-9,18H,(H,19,20). The van der Waals surface area contributed by atoms with Gasteiger partial charge in [-0.2, -0.15) is 0 Å². The van der Waals surface area contributed by atoms with Crippen LogP contribution in [0.1, 0.15) is 10.5 Å². The fourth-order valence-electron chi connectivity index (χ4n) is 1.97. The zero-order chi connectivity index (χ0) is 13.9. The minimum absolute atomic E-state index is 0.0233. The molecule has 5 nitrogen and oxygen atoms in total. The summed E-state index contributed by atoms with van der Waals surface area (Å²) >= 11 is 0. The van der Waals surface area contributed by atoms with E-state index in [1.54, 1.807) is 18.5 Å². The van der Waals surface area contributed by atoms with Gasteiger partial charge in [0.05, 0.1) is 11.9 Å². The van der Waals surface area contributed by atoms with E-state index in [0.717, 1.165) is 22.1 Å².